The Balaban J connectivity index is 2.09. The Morgan fingerprint density at radius 1 is 1.17 bits per heavy atom. The second-order valence-electron chi connectivity index (χ2n) is 6.41. The van der Waals surface area contributed by atoms with Crippen molar-refractivity contribution in [3.8, 4) is 0 Å². The summed E-state index contributed by atoms with van der Waals surface area (Å²) in [5.41, 5.74) is 4.81. The molecule has 1 aliphatic rings. The van der Waals surface area contributed by atoms with Crippen LogP contribution in [-0.2, 0) is 4.79 Å². The maximum absolute atomic E-state index is 11.7. The minimum atomic E-state index is -0.715. The van der Waals surface area contributed by atoms with E-state index in [-0.39, 0.29) is 6.04 Å². The van der Waals surface area contributed by atoms with E-state index in [1.165, 1.54) is 16.7 Å². The first kappa shape index (κ1) is 15.8. The molecule has 0 amide bonds. The molecular formula is C20H23NO2. The molecule has 2 aromatic rings. The van der Waals surface area contributed by atoms with Crippen molar-refractivity contribution in [3.05, 3.63) is 70.8 Å². The van der Waals surface area contributed by atoms with E-state index >= 15 is 0 Å². The van der Waals surface area contributed by atoms with Gasteiger partial charge in [0.1, 0.15) is 6.04 Å². The Kier molecular flexibility index (Phi) is 4.49. The number of aryl methyl sites for hydroxylation is 2. The molecule has 0 saturated carbocycles. The summed E-state index contributed by atoms with van der Waals surface area (Å²) in [5, 5.41) is 9.60. The minimum absolute atomic E-state index is 0.000370. The molecule has 1 heterocycles. The molecule has 0 spiro atoms. The van der Waals surface area contributed by atoms with Gasteiger partial charge in [-0.2, -0.15) is 0 Å². The molecular weight excluding hydrogens is 286 g/mol. The SMILES string of the molecule is Cc1ccc(C(c2ccccc2)N2CCCC2C(=O)O)c(C)c1. The van der Waals surface area contributed by atoms with Gasteiger partial charge in [-0.15, -0.1) is 0 Å². The van der Waals surface area contributed by atoms with Gasteiger partial charge in [-0.25, -0.2) is 0 Å². The summed E-state index contributed by atoms with van der Waals surface area (Å²) >= 11 is 0. The van der Waals surface area contributed by atoms with E-state index in [0.717, 1.165) is 24.9 Å². The number of rotatable bonds is 4. The predicted octanol–water partition coefficient (Wildman–Crippen LogP) is 3.94. The van der Waals surface area contributed by atoms with Gasteiger partial charge in [-0.1, -0.05) is 54.1 Å². The summed E-state index contributed by atoms with van der Waals surface area (Å²) in [5.74, 6) is -0.715. The lowest BCUT2D eigenvalue weighted by Gasteiger charge is -2.33. The summed E-state index contributed by atoms with van der Waals surface area (Å²) in [4.78, 5) is 13.8. The monoisotopic (exact) mass is 309 g/mol. The number of nitrogens with zero attached hydrogens (tertiary/aromatic N) is 1. The van der Waals surface area contributed by atoms with E-state index in [1.54, 1.807) is 0 Å². The lowest BCUT2D eigenvalue weighted by atomic mass is 9.92. The molecule has 120 valence electrons. The number of hydrogen-bond donors (Lipinski definition) is 1. The molecule has 1 fully saturated rings. The molecule has 1 N–H and O–H groups in total. The molecule has 3 heteroatoms. The summed E-state index contributed by atoms with van der Waals surface area (Å²) in [6.07, 6.45) is 1.66. The van der Waals surface area contributed by atoms with Crippen molar-refractivity contribution < 1.29 is 9.90 Å². The first-order valence-electron chi connectivity index (χ1n) is 8.18. The summed E-state index contributed by atoms with van der Waals surface area (Å²) in [6.45, 7) is 5.03. The van der Waals surface area contributed by atoms with Crippen LogP contribution in [0.1, 0.15) is 41.1 Å². The smallest absolute Gasteiger partial charge is 0.320 e. The highest BCUT2D eigenvalue weighted by atomic mass is 16.4. The van der Waals surface area contributed by atoms with E-state index in [4.69, 9.17) is 0 Å². The Bertz CT molecular complexity index is 696. The largest absolute Gasteiger partial charge is 0.480 e. The summed E-state index contributed by atoms with van der Waals surface area (Å²) in [6, 6.07) is 16.3. The maximum atomic E-state index is 11.7. The summed E-state index contributed by atoms with van der Waals surface area (Å²) < 4.78 is 0. The van der Waals surface area contributed by atoms with Gasteiger partial charge in [-0.3, -0.25) is 9.69 Å². The molecule has 2 atom stereocenters. The van der Waals surface area contributed by atoms with Crippen molar-refractivity contribution in [3.63, 3.8) is 0 Å². The van der Waals surface area contributed by atoms with E-state index in [2.05, 4.69) is 49.1 Å². The minimum Gasteiger partial charge on any atom is -0.480 e. The molecule has 0 bridgehead atoms. The second kappa shape index (κ2) is 6.55. The average molecular weight is 309 g/mol. The topological polar surface area (TPSA) is 40.5 Å². The highest BCUT2D eigenvalue weighted by molar-refractivity contribution is 5.74. The van der Waals surface area contributed by atoms with Crippen molar-refractivity contribution in [1.82, 2.24) is 4.90 Å². The van der Waals surface area contributed by atoms with Gasteiger partial charge in [0.2, 0.25) is 0 Å². The first-order chi connectivity index (χ1) is 11.1. The number of likely N-dealkylation sites (tertiary alicyclic amines) is 1. The van der Waals surface area contributed by atoms with Gasteiger partial charge in [0, 0.05) is 6.54 Å². The number of carboxylic acids is 1. The van der Waals surface area contributed by atoms with Gasteiger partial charge >= 0.3 is 5.97 Å². The predicted molar refractivity (Wildman–Crippen MR) is 91.6 cm³/mol. The van der Waals surface area contributed by atoms with Gasteiger partial charge in [0.25, 0.3) is 0 Å². The van der Waals surface area contributed by atoms with Crippen LogP contribution >= 0.6 is 0 Å². The molecule has 3 rings (SSSR count). The fraction of sp³-hybridized carbons (Fsp3) is 0.350. The molecule has 0 aromatic heterocycles. The Hall–Kier alpha value is -2.13. The zero-order chi connectivity index (χ0) is 16.4. The molecule has 1 aliphatic heterocycles. The molecule has 2 unspecified atom stereocenters. The number of carbonyl (C=O) groups is 1. The Morgan fingerprint density at radius 3 is 2.57 bits per heavy atom. The van der Waals surface area contributed by atoms with Crippen LogP contribution in [-0.4, -0.2) is 28.6 Å². The molecule has 1 saturated heterocycles. The molecule has 0 aliphatic carbocycles. The zero-order valence-corrected chi connectivity index (χ0v) is 13.7. The highest BCUT2D eigenvalue weighted by Crippen LogP contribution is 2.36. The normalized spacial score (nSPS) is 19.7. The highest BCUT2D eigenvalue weighted by Gasteiger charge is 2.37. The van der Waals surface area contributed by atoms with Crippen molar-refractivity contribution in [2.24, 2.45) is 0 Å². The third-order valence-corrected chi connectivity index (χ3v) is 4.75. The van der Waals surface area contributed by atoms with Crippen LogP contribution < -0.4 is 0 Å². The second-order valence-corrected chi connectivity index (χ2v) is 6.41. The van der Waals surface area contributed by atoms with Crippen molar-refractivity contribution in [1.29, 1.82) is 0 Å². The van der Waals surface area contributed by atoms with Crippen LogP contribution in [0.4, 0.5) is 0 Å². The van der Waals surface area contributed by atoms with Gasteiger partial charge in [-0.05, 0) is 43.4 Å². The van der Waals surface area contributed by atoms with Crippen LogP contribution in [0.3, 0.4) is 0 Å². The van der Waals surface area contributed by atoms with Crippen LogP contribution in [0.25, 0.3) is 0 Å². The van der Waals surface area contributed by atoms with Crippen molar-refractivity contribution in [2.75, 3.05) is 6.54 Å². The first-order valence-corrected chi connectivity index (χ1v) is 8.18. The lowest BCUT2D eigenvalue weighted by molar-refractivity contribution is -0.142. The molecule has 2 aromatic carbocycles. The number of aliphatic carboxylic acids is 1. The zero-order valence-electron chi connectivity index (χ0n) is 13.7. The van der Waals surface area contributed by atoms with Gasteiger partial charge in [0.15, 0.2) is 0 Å². The third kappa shape index (κ3) is 3.15. The van der Waals surface area contributed by atoms with Gasteiger partial charge < -0.3 is 5.11 Å². The standard InChI is InChI=1S/C20H23NO2/c1-14-10-11-17(15(2)13-14)19(16-7-4-3-5-8-16)21-12-6-9-18(21)20(22)23/h3-5,7-8,10-11,13,18-19H,6,9,12H2,1-2H3,(H,22,23). The quantitative estimate of drug-likeness (QED) is 0.930. The van der Waals surface area contributed by atoms with E-state index in [1.807, 2.05) is 18.2 Å². The Morgan fingerprint density at radius 2 is 1.91 bits per heavy atom. The Labute approximate surface area is 137 Å². The van der Waals surface area contributed by atoms with Crippen LogP contribution in [0.2, 0.25) is 0 Å². The average Bonchev–Trinajstić information content (AvgIpc) is 3.00. The van der Waals surface area contributed by atoms with Crippen LogP contribution in [0.5, 0.6) is 0 Å². The third-order valence-electron chi connectivity index (χ3n) is 4.75. The summed E-state index contributed by atoms with van der Waals surface area (Å²) in [7, 11) is 0. The van der Waals surface area contributed by atoms with E-state index < -0.39 is 12.0 Å². The maximum Gasteiger partial charge on any atom is 0.320 e. The molecule has 0 radical (unpaired) electrons. The number of hydrogen-bond acceptors (Lipinski definition) is 2. The van der Waals surface area contributed by atoms with Crippen molar-refractivity contribution in [2.45, 2.75) is 38.8 Å². The van der Waals surface area contributed by atoms with Crippen LogP contribution in [0, 0.1) is 13.8 Å². The van der Waals surface area contributed by atoms with E-state index in [9.17, 15) is 9.90 Å². The fourth-order valence-corrected chi connectivity index (χ4v) is 3.68. The fourth-order valence-electron chi connectivity index (χ4n) is 3.68. The molecule has 3 nitrogen and oxygen atoms in total. The number of carboxylic acid groups (broad SMARTS) is 1. The molecule has 23 heavy (non-hydrogen) atoms. The number of benzene rings is 2. The van der Waals surface area contributed by atoms with Crippen LogP contribution in [0.15, 0.2) is 48.5 Å². The van der Waals surface area contributed by atoms with Crippen molar-refractivity contribution >= 4 is 5.97 Å². The van der Waals surface area contributed by atoms with E-state index in [0.29, 0.717) is 0 Å². The lowest BCUT2D eigenvalue weighted by Crippen LogP contribution is -2.39. The van der Waals surface area contributed by atoms with Gasteiger partial charge in [0.05, 0.1) is 6.04 Å².